The lowest BCUT2D eigenvalue weighted by Gasteiger charge is -2.42. The van der Waals surface area contributed by atoms with E-state index >= 15 is 0 Å². The van der Waals surface area contributed by atoms with Gasteiger partial charge in [0.1, 0.15) is 0 Å². The van der Waals surface area contributed by atoms with E-state index in [1.54, 1.807) is 0 Å². The largest absolute Gasteiger partial charge is 0.407 e. The molecular weight excluding hydrogens is 394 g/mol. The first-order valence-corrected chi connectivity index (χ1v) is 13.5. The summed E-state index contributed by atoms with van der Waals surface area (Å²) in [7, 11) is -2.10. The molecule has 0 unspecified atom stereocenters. The third kappa shape index (κ3) is 3.10. The van der Waals surface area contributed by atoms with Crippen LogP contribution in [0.15, 0.2) is 78.9 Å². The summed E-state index contributed by atoms with van der Waals surface area (Å²) in [5.41, 5.74) is 7.66. The van der Waals surface area contributed by atoms with E-state index in [2.05, 4.69) is 111 Å². The maximum atomic E-state index is 6.96. The van der Waals surface area contributed by atoms with Crippen molar-refractivity contribution < 1.29 is 4.43 Å². The van der Waals surface area contributed by atoms with Crippen molar-refractivity contribution in [2.75, 3.05) is 0 Å². The van der Waals surface area contributed by atoms with Gasteiger partial charge in [0.25, 0.3) is 0 Å². The Labute approximate surface area is 186 Å². The van der Waals surface area contributed by atoms with Crippen molar-refractivity contribution in [3.05, 3.63) is 90.0 Å². The van der Waals surface area contributed by atoms with Gasteiger partial charge in [0.05, 0.1) is 12.3 Å². The van der Waals surface area contributed by atoms with E-state index in [4.69, 9.17) is 4.43 Å². The molecule has 0 bridgehead atoms. The lowest BCUT2D eigenvalue weighted by molar-refractivity contribution is 0.281. The van der Waals surface area contributed by atoms with E-state index in [0.29, 0.717) is 17.7 Å². The van der Waals surface area contributed by atoms with E-state index in [-0.39, 0.29) is 0 Å². The quantitative estimate of drug-likeness (QED) is 0.319. The molecule has 0 N–H and O–H groups in total. The molecule has 0 amide bonds. The molecule has 3 aromatic carbocycles. The zero-order valence-corrected chi connectivity index (χ0v) is 19.9. The average Bonchev–Trinajstić information content (AvgIpc) is 3.10. The third-order valence-corrected chi connectivity index (χ3v) is 12.3. The lowest BCUT2D eigenvalue weighted by atomic mass is 10.1. The molecule has 0 spiro atoms. The molecule has 3 heteroatoms. The van der Waals surface area contributed by atoms with Crippen molar-refractivity contribution in [1.82, 2.24) is 4.57 Å². The summed E-state index contributed by atoms with van der Waals surface area (Å²) in [4.78, 5) is 0. The van der Waals surface area contributed by atoms with Gasteiger partial charge in [-0.1, -0.05) is 100 Å². The van der Waals surface area contributed by atoms with Gasteiger partial charge in [-0.25, -0.2) is 0 Å². The van der Waals surface area contributed by atoms with Crippen molar-refractivity contribution in [3.8, 4) is 11.3 Å². The highest BCUT2D eigenvalue weighted by atomic mass is 28.4. The fraction of sp³-hybridized carbons (Fsp3) is 0.286. The monoisotopic (exact) mass is 425 g/mol. The lowest BCUT2D eigenvalue weighted by Crippen LogP contribution is -2.57. The van der Waals surface area contributed by atoms with Crippen molar-refractivity contribution >= 4 is 24.4 Å². The minimum Gasteiger partial charge on any atom is -0.407 e. The predicted octanol–water partition coefficient (Wildman–Crippen LogP) is 6.86. The summed E-state index contributed by atoms with van der Waals surface area (Å²) in [6, 6.07) is 28.5. The van der Waals surface area contributed by atoms with Crippen LogP contribution in [0.25, 0.3) is 22.2 Å². The van der Waals surface area contributed by atoms with E-state index in [1.165, 1.54) is 38.5 Å². The van der Waals surface area contributed by atoms with Gasteiger partial charge in [-0.05, 0) is 33.5 Å². The smallest absolute Gasteiger partial charge is 0.230 e. The SMILES string of the molecule is CC(C)[Si]1(C(C)C)OCc2c(-c3ccccc3)n(Cc3ccccc3)c3cccc1c23. The Hall–Kier alpha value is -2.62. The molecule has 1 aliphatic rings. The number of benzene rings is 3. The first-order valence-electron chi connectivity index (χ1n) is 11.4. The third-order valence-electron chi connectivity index (χ3n) is 7.01. The van der Waals surface area contributed by atoms with E-state index in [9.17, 15) is 0 Å². The molecule has 0 fully saturated rings. The van der Waals surface area contributed by atoms with Gasteiger partial charge in [0.2, 0.25) is 8.32 Å². The molecule has 158 valence electrons. The van der Waals surface area contributed by atoms with Crippen LogP contribution in [0.5, 0.6) is 0 Å². The Morgan fingerprint density at radius 3 is 2.10 bits per heavy atom. The Morgan fingerprint density at radius 2 is 1.45 bits per heavy atom. The van der Waals surface area contributed by atoms with Crippen LogP contribution in [-0.4, -0.2) is 12.9 Å². The fourth-order valence-corrected chi connectivity index (χ4v) is 10.5. The van der Waals surface area contributed by atoms with Gasteiger partial charge in [-0.15, -0.1) is 0 Å². The number of hydrogen-bond acceptors (Lipinski definition) is 1. The first kappa shape index (κ1) is 20.3. The second-order valence-corrected chi connectivity index (χ2v) is 14.1. The van der Waals surface area contributed by atoms with Crippen molar-refractivity contribution in [3.63, 3.8) is 0 Å². The normalized spacial score (nSPS) is 15.2. The minimum atomic E-state index is -2.10. The molecular formula is C28H31NOSi. The van der Waals surface area contributed by atoms with E-state index in [1.807, 2.05) is 0 Å². The van der Waals surface area contributed by atoms with Crippen molar-refractivity contribution in [1.29, 1.82) is 0 Å². The molecule has 1 aliphatic heterocycles. The van der Waals surface area contributed by atoms with Crippen LogP contribution in [0.1, 0.15) is 38.8 Å². The van der Waals surface area contributed by atoms with Crippen LogP contribution in [0.3, 0.4) is 0 Å². The van der Waals surface area contributed by atoms with Gasteiger partial charge >= 0.3 is 0 Å². The van der Waals surface area contributed by atoms with Crippen LogP contribution in [-0.2, 0) is 17.6 Å². The number of nitrogens with zero attached hydrogens (tertiary/aromatic N) is 1. The molecule has 2 heterocycles. The van der Waals surface area contributed by atoms with Crippen LogP contribution >= 0.6 is 0 Å². The van der Waals surface area contributed by atoms with Gasteiger partial charge in [0.15, 0.2) is 0 Å². The Bertz CT molecular complexity index is 1200. The second kappa shape index (κ2) is 7.81. The molecule has 0 aliphatic carbocycles. The summed E-state index contributed by atoms with van der Waals surface area (Å²) in [6.07, 6.45) is 0. The highest BCUT2D eigenvalue weighted by Crippen LogP contribution is 2.43. The zero-order chi connectivity index (χ0) is 21.6. The highest BCUT2D eigenvalue weighted by molar-refractivity contribution is 6.90. The molecule has 31 heavy (non-hydrogen) atoms. The van der Waals surface area contributed by atoms with E-state index in [0.717, 1.165) is 6.54 Å². The molecule has 0 atom stereocenters. The molecule has 0 saturated heterocycles. The number of rotatable bonds is 5. The van der Waals surface area contributed by atoms with Crippen LogP contribution < -0.4 is 5.19 Å². The molecule has 2 nitrogen and oxygen atoms in total. The molecule has 4 aromatic rings. The van der Waals surface area contributed by atoms with Crippen molar-refractivity contribution in [2.45, 2.75) is 51.9 Å². The number of hydrogen-bond donors (Lipinski definition) is 0. The summed E-state index contributed by atoms with van der Waals surface area (Å²) >= 11 is 0. The first-order chi connectivity index (χ1) is 15.0. The maximum absolute atomic E-state index is 6.96. The predicted molar refractivity (Wildman–Crippen MR) is 133 cm³/mol. The van der Waals surface area contributed by atoms with Gasteiger partial charge in [-0.3, -0.25) is 0 Å². The number of aromatic nitrogens is 1. The summed E-state index contributed by atoms with van der Waals surface area (Å²) in [5.74, 6) is 0. The Kier molecular flexibility index (Phi) is 5.11. The molecule has 0 saturated carbocycles. The average molecular weight is 426 g/mol. The van der Waals surface area contributed by atoms with Crippen molar-refractivity contribution in [2.24, 2.45) is 0 Å². The summed E-state index contributed by atoms with van der Waals surface area (Å²) in [5, 5.41) is 2.94. The van der Waals surface area contributed by atoms with Gasteiger partial charge < -0.3 is 8.99 Å². The van der Waals surface area contributed by atoms with E-state index < -0.39 is 8.32 Å². The van der Waals surface area contributed by atoms with Crippen LogP contribution in [0, 0.1) is 0 Å². The summed E-state index contributed by atoms with van der Waals surface area (Å²) < 4.78 is 9.48. The highest BCUT2D eigenvalue weighted by Gasteiger charge is 2.48. The molecule has 5 rings (SSSR count). The van der Waals surface area contributed by atoms with Crippen LogP contribution in [0.4, 0.5) is 0 Å². The van der Waals surface area contributed by atoms with Gasteiger partial charge in [-0.2, -0.15) is 0 Å². The van der Waals surface area contributed by atoms with Crippen LogP contribution in [0.2, 0.25) is 11.1 Å². The topological polar surface area (TPSA) is 14.2 Å². The molecule has 0 radical (unpaired) electrons. The second-order valence-electron chi connectivity index (χ2n) is 9.36. The molecule has 1 aromatic heterocycles. The Morgan fingerprint density at radius 1 is 0.806 bits per heavy atom. The zero-order valence-electron chi connectivity index (χ0n) is 18.9. The fourth-order valence-electron chi connectivity index (χ4n) is 5.70. The Balaban J connectivity index is 1.84. The maximum Gasteiger partial charge on any atom is 0.230 e. The summed E-state index contributed by atoms with van der Waals surface area (Å²) in [6.45, 7) is 11.0. The standard InChI is InChI=1S/C28H31NOSi/c1-20(2)31(21(3)4)26-17-11-16-25-27(26)24(19-30-31)28(23-14-9-6-10-15-23)29(25)18-22-12-7-5-8-13-22/h5-17,20-21H,18-19H2,1-4H3. The minimum absolute atomic E-state index is 0.531. The van der Waals surface area contributed by atoms with Gasteiger partial charge in [0, 0.05) is 23.0 Å².